The summed E-state index contributed by atoms with van der Waals surface area (Å²) in [5.74, 6) is -0.204. The van der Waals surface area contributed by atoms with Crippen LogP contribution in [0.1, 0.15) is 45.4 Å². The van der Waals surface area contributed by atoms with Crippen molar-refractivity contribution in [3.05, 3.63) is 0 Å². The van der Waals surface area contributed by atoms with Gasteiger partial charge >= 0.3 is 5.97 Å². The third-order valence-corrected chi connectivity index (χ3v) is 3.35. The van der Waals surface area contributed by atoms with Gasteiger partial charge in [0.2, 0.25) is 5.91 Å². The number of carbonyl (C=O) groups excluding carboxylic acids is 2. The molecule has 92 valence electrons. The fraction of sp³-hybridized carbons (Fsp3) is 0.833. The Hall–Kier alpha value is -1.06. The van der Waals surface area contributed by atoms with Crippen molar-refractivity contribution in [1.82, 2.24) is 5.32 Å². The first-order valence-corrected chi connectivity index (χ1v) is 5.93. The fourth-order valence-electron chi connectivity index (χ4n) is 2.15. The molecule has 0 spiro atoms. The summed E-state index contributed by atoms with van der Waals surface area (Å²) in [7, 11) is 1.35. The van der Waals surface area contributed by atoms with Crippen LogP contribution in [0.15, 0.2) is 0 Å². The molecule has 0 aromatic rings. The van der Waals surface area contributed by atoms with Crippen LogP contribution >= 0.6 is 0 Å². The average molecular weight is 227 g/mol. The Bertz CT molecular complexity index is 257. The van der Waals surface area contributed by atoms with Gasteiger partial charge in [0.1, 0.15) is 0 Å². The van der Waals surface area contributed by atoms with Crippen LogP contribution in [-0.2, 0) is 14.3 Å². The minimum Gasteiger partial charge on any atom is -0.469 e. The first-order chi connectivity index (χ1) is 7.58. The van der Waals surface area contributed by atoms with Crippen molar-refractivity contribution in [2.45, 2.75) is 45.4 Å². The van der Waals surface area contributed by atoms with E-state index in [4.69, 9.17) is 0 Å². The van der Waals surface area contributed by atoms with Crippen LogP contribution in [0, 0.1) is 5.41 Å². The van der Waals surface area contributed by atoms with Gasteiger partial charge in [-0.3, -0.25) is 9.59 Å². The Balaban J connectivity index is 2.31. The summed E-state index contributed by atoms with van der Waals surface area (Å²) in [5.41, 5.74) is -0.228. The second kappa shape index (κ2) is 5.87. The second-order valence-electron chi connectivity index (χ2n) is 4.70. The minimum absolute atomic E-state index is 0.0797. The molecule has 0 radical (unpaired) electrons. The fourth-order valence-corrected chi connectivity index (χ4v) is 2.15. The number of ether oxygens (including phenoxy) is 1. The maximum Gasteiger partial charge on any atom is 0.307 e. The Morgan fingerprint density at radius 3 is 2.44 bits per heavy atom. The van der Waals surface area contributed by atoms with Crippen molar-refractivity contribution < 1.29 is 14.3 Å². The molecule has 1 rings (SSSR count). The lowest BCUT2D eigenvalue weighted by molar-refractivity contribution is -0.140. The van der Waals surface area contributed by atoms with Gasteiger partial charge in [-0.15, -0.1) is 0 Å². The van der Waals surface area contributed by atoms with Crippen molar-refractivity contribution in [3.8, 4) is 0 Å². The van der Waals surface area contributed by atoms with E-state index in [2.05, 4.69) is 10.1 Å². The molecule has 0 aromatic heterocycles. The number of amides is 1. The first kappa shape index (κ1) is 13.0. The molecule has 1 saturated carbocycles. The van der Waals surface area contributed by atoms with E-state index in [1.807, 2.05) is 6.92 Å². The van der Waals surface area contributed by atoms with E-state index in [1.165, 1.54) is 13.5 Å². The number of carbonyl (C=O) groups is 2. The lowest BCUT2D eigenvalue weighted by atomic mass is 9.75. The normalized spacial score (nSPS) is 18.9. The van der Waals surface area contributed by atoms with E-state index in [0.717, 1.165) is 25.7 Å². The predicted octanol–water partition coefficient (Wildman–Crippen LogP) is 1.64. The minimum atomic E-state index is -0.283. The van der Waals surface area contributed by atoms with Crippen LogP contribution in [0.4, 0.5) is 0 Å². The van der Waals surface area contributed by atoms with Gasteiger partial charge < -0.3 is 10.1 Å². The molecule has 16 heavy (non-hydrogen) atoms. The quantitative estimate of drug-likeness (QED) is 0.743. The molecular weight excluding hydrogens is 206 g/mol. The molecule has 0 saturated heterocycles. The molecule has 0 unspecified atom stereocenters. The van der Waals surface area contributed by atoms with Crippen molar-refractivity contribution >= 4 is 11.9 Å². The lowest BCUT2D eigenvalue weighted by Crippen LogP contribution is -2.41. The van der Waals surface area contributed by atoms with Crippen molar-refractivity contribution in [3.63, 3.8) is 0 Å². The van der Waals surface area contributed by atoms with Gasteiger partial charge in [0.15, 0.2) is 0 Å². The zero-order valence-corrected chi connectivity index (χ0v) is 10.2. The highest BCUT2D eigenvalue weighted by Gasteiger charge is 2.34. The van der Waals surface area contributed by atoms with Crippen LogP contribution in [0.3, 0.4) is 0 Å². The third-order valence-electron chi connectivity index (χ3n) is 3.35. The highest BCUT2D eigenvalue weighted by molar-refractivity contribution is 5.82. The zero-order chi connectivity index (χ0) is 12.0. The van der Waals surface area contributed by atoms with E-state index in [1.54, 1.807) is 0 Å². The molecule has 1 aliphatic carbocycles. The van der Waals surface area contributed by atoms with Crippen LogP contribution in [0.25, 0.3) is 0 Å². The summed E-state index contributed by atoms with van der Waals surface area (Å²) >= 11 is 0. The van der Waals surface area contributed by atoms with Gasteiger partial charge in [0, 0.05) is 12.0 Å². The summed E-state index contributed by atoms with van der Waals surface area (Å²) in [6.07, 6.45) is 5.64. The van der Waals surface area contributed by atoms with Gasteiger partial charge in [-0.25, -0.2) is 0 Å². The second-order valence-corrected chi connectivity index (χ2v) is 4.70. The predicted molar refractivity (Wildman–Crippen MR) is 60.8 cm³/mol. The molecule has 1 N–H and O–H groups in total. The Kier molecular flexibility index (Phi) is 4.77. The molecule has 1 aliphatic rings. The molecule has 0 bridgehead atoms. The van der Waals surface area contributed by atoms with Gasteiger partial charge in [-0.1, -0.05) is 26.2 Å². The van der Waals surface area contributed by atoms with Crippen molar-refractivity contribution in [1.29, 1.82) is 0 Å². The monoisotopic (exact) mass is 227 g/mol. The summed E-state index contributed by atoms with van der Waals surface area (Å²) < 4.78 is 4.51. The molecule has 0 aromatic carbocycles. The molecule has 4 nitrogen and oxygen atoms in total. The molecular formula is C12H21NO3. The standard InChI is InChI=1S/C12H21NO3/c1-12(7-4-3-5-8-12)11(15)13-9-6-10(14)16-2/h3-9H2,1-2H3,(H,13,15). The highest BCUT2D eigenvalue weighted by atomic mass is 16.5. The van der Waals surface area contributed by atoms with Crippen molar-refractivity contribution in [2.24, 2.45) is 5.41 Å². The molecule has 1 fully saturated rings. The van der Waals surface area contributed by atoms with Gasteiger partial charge in [0.25, 0.3) is 0 Å². The SMILES string of the molecule is COC(=O)CCNC(=O)C1(C)CCCCC1. The Morgan fingerprint density at radius 1 is 1.25 bits per heavy atom. The summed E-state index contributed by atoms with van der Waals surface area (Å²) in [6, 6.07) is 0. The molecule has 4 heteroatoms. The molecule has 0 heterocycles. The van der Waals surface area contributed by atoms with E-state index in [0.29, 0.717) is 6.54 Å². The smallest absolute Gasteiger partial charge is 0.307 e. The Morgan fingerprint density at radius 2 is 1.88 bits per heavy atom. The van der Waals surface area contributed by atoms with Crippen molar-refractivity contribution in [2.75, 3.05) is 13.7 Å². The van der Waals surface area contributed by atoms with Gasteiger partial charge in [-0.05, 0) is 12.8 Å². The average Bonchev–Trinajstić information content (AvgIpc) is 2.29. The Labute approximate surface area is 96.7 Å². The van der Waals surface area contributed by atoms with Gasteiger partial charge in [0.05, 0.1) is 13.5 Å². The number of nitrogens with one attached hydrogen (secondary N) is 1. The largest absolute Gasteiger partial charge is 0.469 e. The third kappa shape index (κ3) is 3.51. The first-order valence-electron chi connectivity index (χ1n) is 5.93. The van der Waals surface area contributed by atoms with E-state index >= 15 is 0 Å². The summed E-state index contributed by atoms with van der Waals surface area (Å²) in [4.78, 5) is 22.8. The number of rotatable bonds is 4. The maximum absolute atomic E-state index is 11.9. The highest BCUT2D eigenvalue weighted by Crippen LogP contribution is 2.35. The van der Waals surface area contributed by atoms with E-state index in [-0.39, 0.29) is 23.7 Å². The summed E-state index contributed by atoms with van der Waals surface area (Å²) in [5, 5.41) is 2.82. The number of hydrogen-bond donors (Lipinski definition) is 1. The van der Waals surface area contributed by atoms with Crippen LogP contribution in [0.5, 0.6) is 0 Å². The number of hydrogen-bond acceptors (Lipinski definition) is 3. The lowest BCUT2D eigenvalue weighted by Gasteiger charge is -2.31. The maximum atomic E-state index is 11.9. The number of esters is 1. The summed E-state index contributed by atoms with van der Waals surface area (Å²) in [6.45, 7) is 2.39. The topological polar surface area (TPSA) is 55.4 Å². The number of methoxy groups -OCH3 is 1. The van der Waals surface area contributed by atoms with Crippen LogP contribution < -0.4 is 5.32 Å². The van der Waals surface area contributed by atoms with Gasteiger partial charge in [-0.2, -0.15) is 0 Å². The molecule has 0 atom stereocenters. The van der Waals surface area contributed by atoms with E-state index in [9.17, 15) is 9.59 Å². The van der Waals surface area contributed by atoms with Crippen LogP contribution in [0.2, 0.25) is 0 Å². The zero-order valence-electron chi connectivity index (χ0n) is 10.2. The molecule has 0 aliphatic heterocycles. The van der Waals surface area contributed by atoms with E-state index < -0.39 is 0 Å². The van der Waals surface area contributed by atoms with Crippen LogP contribution in [-0.4, -0.2) is 25.5 Å². The molecule has 1 amide bonds.